The first kappa shape index (κ1) is 27.4. The zero-order chi connectivity index (χ0) is 28.1. The van der Waals surface area contributed by atoms with E-state index in [0.29, 0.717) is 13.3 Å². The zero-order valence-corrected chi connectivity index (χ0v) is 23.2. The Morgan fingerprint density at radius 2 is 1.43 bits per heavy atom. The fourth-order valence-electron chi connectivity index (χ4n) is 6.32. The number of hydrogen-bond donors (Lipinski definition) is 0. The number of methoxy groups -OCH3 is 1. The van der Waals surface area contributed by atoms with Gasteiger partial charge in [-0.25, -0.2) is 0 Å². The SMILES string of the molecule is CC(=O)OCC1c2ccccc2-c2ccccc21.COC(=O)CN1CN(c2ccccc2)C2(CCCCC2)C1=O. The Balaban J connectivity index is 0.000000164. The van der Waals surface area contributed by atoms with Gasteiger partial charge >= 0.3 is 11.9 Å². The number of fused-ring (bicyclic) bond motifs is 3. The lowest BCUT2D eigenvalue weighted by molar-refractivity contribution is -0.146. The third-order valence-electron chi connectivity index (χ3n) is 8.23. The van der Waals surface area contributed by atoms with Crippen LogP contribution in [0.5, 0.6) is 0 Å². The van der Waals surface area contributed by atoms with E-state index in [1.54, 1.807) is 4.90 Å². The molecule has 0 unspecified atom stereocenters. The minimum atomic E-state index is -0.479. The topological polar surface area (TPSA) is 76.2 Å². The average molecular weight is 541 g/mol. The van der Waals surface area contributed by atoms with Crippen molar-refractivity contribution >= 4 is 23.5 Å². The molecule has 0 radical (unpaired) electrons. The molecule has 0 aromatic heterocycles. The zero-order valence-electron chi connectivity index (χ0n) is 23.2. The summed E-state index contributed by atoms with van der Waals surface area (Å²) in [5.41, 5.74) is 5.58. The van der Waals surface area contributed by atoms with Crippen molar-refractivity contribution < 1.29 is 23.9 Å². The lowest BCUT2D eigenvalue weighted by Gasteiger charge is -2.39. The monoisotopic (exact) mass is 540 g/mol. The number of esters is 2. The van der Waals surface area contributed by atoms with Crippen LogP contribution in [0.25, 0.3) is 11.1 Å². The molecule has 7 heteroatoms. The number of ether oxygens (including phenoxy) is 2. The summed E-state index contributed by atoms with van der Waals surface area (Å²) in [7, 11) is 1.36. The molecular weight excluding hydrogens is 504 g/mol. The van der Waals surface area contributed by atoms with E-state index in [1.807, 2.05) is 54.6 Å². The minimum absolute atomic E-state index is 0.0282. The summed E-state index contributed by atoms with van der Waals surface area (Å²) in [5, 5.41) is 0. The van der Waals surface area contributed by atoms with Gasteiger partial charge in [0.25, 0.3) is 0 Å². The third kappa shape index (κ3) is 5.33. The Labute approximate surface area is 235 Å². The summed E-state index contributed by atoms with van der Waals surface area (Å²) < 4.78 is 9.93. The van der Waals surface area contributed by atoms with Crippen LogP contribution in [0.3, 0.4) is 0 Å². The number of anilines is 1. The number of benzene rings is 3. The molecule has 0 atom stereocenters. The predicted octanol–water partition coefficient (Wildman–Crippen LogP) is 5.53. The number of rotatable bonds is 5. The Hall–Kier alpha value is -4.13. The Morgan fingerprint density at radius 3 is 2.00 bits per heavy atom. The van der Waals surface area contributed by atoms with Crippen LogP contribution in [0.2, 0.25) is 0 Å². The Bertz CT molecular complexity index is 1320. The molecule has 0 bridgehead atoms. The maximum absolute atomic E-state index is 13.0. The van der Waals surface area contributed by atoms with E-state index in [0.717, 1.165) is 31.4 Å². The molecule has 2 aliphatic carbocycles. The van der Waals surface area contributed by atoms with Crippen LogP contribution >= 0.6 is 0 Å². The first-order chi connectivity index (χ1) is 19.4. The molecule has 3 aromatic carbocycles. The van der Waals surface area contributed by atoms with E-state index in [9.17, 15) is 14.4 Å². The molecule has 2 fully saturated rings. The summed E-state index contributed by atoms with van der Waals surface area (Å²) in [6.07, 6.45) is 5.01. The van der Waals surface area contributed by atoms with Crippen molar-refractivity contribution in [3.8, 4) is 11.1 Å². The van der Waals surface area contributed by atoms with Gasteiger partial charge in [-0.05, 0) is 47.2 Å². The molecule has 1 aliphatic heterocycles. The molecule has 7 nitrogen and oxygen atoms in total. The summed E-state index contributed by atoms with van der Waals surface area (Å²) in [5.74, 6) is -0.353. The maximum Gasteiger partial charge on any atom is 0.325 e. The second-order valence-electron chi connectivity index (χ2n) is 10.6. The van der Waals surface area contributed by atoms with Gasteiger partial charge in [-0.15, -0.1) is 0 Å². The average Bonchev–Trinajstić information content (AvgIpc) is 3.45. The van der Waals surface area contributed by atoms with E-state index >= 15 is 0 Å². The van der Waals surface area contributed by atoms with Gasteiger partial charge in [0.1, 0.15) is 18.7 Å². The van der Waals surface area contributed by atoms with Crippen LogP contribution in [0.1, 0.15) is 56.1 Å². The Morgan fingerprint density at radius 1 is 0.850 bits per heavy atom. The smallest absolute Gasteiger partial charge is 0.325 e. The maximum atomic E-state index is 13.0. The number of carbonyl (C=O) groups is 3. The predicted molar refractivity (Wildman–Crippen MR) is 154 cm³/mol. The van der Waals surface area contributed by atoms with E-state index in [1.165, 1.54) is 42.7 Å². The lowest BCUT2D eigenvalue weighted by Crippen LogP contribution is -2.51. The van der Waals surface area contributed by atoms with Crippen molar-refractivity contribution in [2.45, 2.75) is 50.5 Å². The number of nitrogens with zero attached hydrogens (tertiary/aromatic N) is 2. The van der Waals surface area contributed by atoms with Crippen molar-refractivity contribution in [2.75, 3.05) is 31.8 Å². The Kier molecular flexibility index (Phi) is 8.19. The molecule has 1 heterocycles. The molecule has 1 amide bonds. The summed E-state index contributed by atoms with van der Waals surface area (Å²) >= 11 is 0. The normalized spacial score (nSPS) is 17.1. The fourth-order valence-corrected chi connectivity index (χ4v) is 6.32. The van der Waals surface area contributed by atoms with Gasteiger partial charge < -0.3 is 19.3 Å². The van der Waals surface area contributed by atoms with Crippen molar-refractivity contribution in [1.29, 1.82) is 0 Å². The highest BCUT2D eigenvalue weighted by atomic mass is 16.5. The highest BCUT2D eigenvalue weighted by Gasteiger charge is 2.53. The van der Waals surface area contributed by atoms with Crippen LogP contribution in [-0.4, -0.2) is 55.2 Å². The van der Waals surface area contributed by atoms with Crippen LogP contribution in [-0.2, 0) is 23.9 Å². The largest absolute Gasteiger partial charge is 0.468 e. The van der Waals surface area contributed by atoms with Crippen molar-refractivity contribution in [3.05, 3.63) is 90.0 Å². The van der Waals surface area contributed by atoms with Crippen molar-refractivity contribution in [3.63, 3.8) is 0 Å². The second-order valence-corrected chi connectivity index (χ2v) is 10.6. The quantitative estimate of drug-likeness (QED) is 0.396. The molecule has 1 saturated carbocycles. The first-order valence-electron chi connectivity index (χ1n) is 13.9. The first-order valence-corrected chi connectivity index (χ1v) is 13.9. The van der Waals surface area contributed by atoms with Gasteiger partial charge in [0.15, 0.2) is 0 Å². The van der Waals surface area contributed by atoms with Crippen LogP contribution in [0.4, 0.5) is 5.69 Å². The molecule has 3 aromatic rings. The van der Waals surface area contributed by atoms with Crippen LogP contribution in [0.15, 0.2) is 78.9 Å². The van der Waals surface area contributed by atoms with E-state index in [-0.39, 0.29) is 30.3 Å². The number of amides is 1. The molecule has 1 spiro atoms. The van der Waals surface area contributed by atoms with E-state index in [2.05, 4.69) is 29.2 Å². The molecule has 1 saturated heterocycles. The number of hydrogen-bond acceptors (Lipinski definition) is 6. The standard InChI is InChI=1S/C17H22N2O3.C16H14O2/c1-22-15(20)12-18-13-19(14-8-4-2-5-9-14)17(16(18)21)10-6-3-7-11-17;1-11(17)18-10-16-14-8-4-2-6-12(14)13-7-3-5-9-15(13)16/h2,4-5,8-9H,3,6-7,10-13H2,1H3;2-9,16H,10H2,1H3. The summed E-state index contributed by atoms with van der Waals surface area (Å²) in [4.78, 5) is 39.4. The van der Waals surface area contributed by atoms with Crippen LogP contribution < -0.4 is 4.90 Å². The van der Waals surface area contributed by atoms with E-state index < -0.39 is 5.54 Å². The van der Waals surface area contributed by atoms with Gasteiger partial charge in [0, 0.05) is 18.5 Å². The van der Waals surface area contributed by atoms with Gasteiger partial charge in [-0.3, -0.25) is 14.4 Å². The van der Waals surface area contributed by atoms with Gasteiger partial charge in [-0.1, -0.05) is 86.0 Å². The number of para-hydroxylation sites is 1. The summed E-state index contributed by atoms with van der Waals surface area (Å²) in [6.45, 7) is 2.36. The number of carbonyl (C=O) groups excluding carboxylic acids is 3. The van der Waals surface area contributed by atoms with Gasteiger partial charge in [0.05, 0.1) is 13.8 Å². The molecule has 0 N–H and O–H groups in total. The highest BCUT2D eigenvalue weighted by molar-refractivity contribution is 5.95. The molecule has 40 heavy (non-hydrogen) atoms. The summed E-state index contributed by atoms with van der Waals surface area (Å²) in [6, 6.07) is 26.7. The van der Waals surface area contributed by atoms with Crippen molar-refractivity contribution in [1.82, 2.24) is 4.90 Å². The second kappa shape index (κ2) is 11.9. The van der Waals surface area contributed by atoms with Crippen LogP contribution in [0, 0.1) is 0 Å². The van der Waals surface area contributed by atoms with E-state index in [4.69, 9.17) is 9.47 Å². The van der Waals surface area contributed by atoms with Crippen molar-refractivity contribution in [2.24, 2.45) is 0 Å². The third-order valence-corrected chi connectivity index (χ3v) is 8.23. The molecule has 208 valence electrons. The molecule has 3 aliphatic rings. The highest BCUT2D eigenvalue weighted by Crippen LogP contribution is 2.44. The molecule has 6 rings (SSSR count). The van der Waals surface area contributed by atoms with Gasteiger partial charge in [0.2, 0.25) is 5.91 Å². The van der Waals surface area contributed by atoms with Gasteiger partial charge in [-0.2, -0.15) is 0 Å². The lowest BCUT2D eigenvalue weighted by atomic mass is 9.80. The fraction of sp³-hybridized carbons (Fsp3) is 0.364. The minimum Gasteiger partial charge on any atom is -0.468 e. The molecular formula is C33H36N2O5.